The van der Waals surface area contributed by atoms with Crippen LogP contribution in [-0.2, 0) is 0 Å². The fraction of sp³-hybridized carbons (Fsp3) is 0.136. The van der Waals surface area contributed by atoms with Gasteiger partial charge in [0.25, 0.3) is 0 Å². The maximum absolute atomic E-state index is 5.44. The van der Waals surface area contributed by atoms with Gasteiger partial charge in [-0.3, -0.25) is 29.7 Å². The minimum atomic E-state index is -0.376. The van der Waals surface area contributed by atoms with Gasteiger partial charge in [0.15, 0.2) is 23.3 Å². The Bertz CT molecular complexity index is 2850. The van der Waals surface area contributed by atoms with Crippen LogP contribution in [0.15, 0.2) is 122 Å². The molecule has 1 fully saturated rings. The van der Waals surface area contributed by atoms with Crippen molar-refractivity contribution in [1.82, 2.24) is 39.9 Å². The number of para-hydroxylation sites is 8. The molecule has 0 N–H and O–H groups in total. The van der Waals surface area contributed by atoms with E-state index < -0.39 is 0 Å². The highest BCUT2D eigenvalue weighted by atomic mass is 15.3. The molecule has 5 aromatic carbocycles. The second-order valence-electron chi connectivity index (χ2n) is 14.7. The monoisotopic (exact) mass is 710 g/mol. The van der Waals surface area contributed by atoms with Gasteiger partial charge in [-0.15, -0.1) is 0 Å². The highest BCUT2D eigenvalue weighted by Gasteiger charge is 2.48. The van der Waals surface area contributed by atoms with Crippen LogP contribution in [0.5, 0.6) is 0 Å². The highest BCUT2D eigenvalue weighted by Crippen LogP contribution is 2.45. The van der Waals surface area contributed by atoms with E-state index in [-0.39, 0.29) is 6.71 Å². The summed E-state index contributed by atoms with van der Waals surface area (Å²) in [5.74, 6) is 3.19. The lowest BCUT2D eigenvalue weighted by Gasteiger charge is -2.41. The van der Waals surface area contributed by atoms with E-state index in [0.29, 0.717) is 29.2 Å². The molecule has 0 spiro atoms. The van der Waals surface area contributed by atoms with Crippen LogP contribution in [0.2, 0.25) is 0 Å². The molecular formula is C44H31BN10. The number of benzene rings is 5. The summed E-state index contributed by atoms with van der Waals surface area (Å²) in [6, 6.07) is 36.9. The summed E-state index contributed by atoms with van der Waals surface area (Å²) in [7, 11) is 0. The summed E-state index contributed by atoms with van der Waals surface area (Å²) in [5.41, 5.74) is 12.4. The van der Waals surface area contributed by atoms with Gasteiger partial charge < -0.3 is 0 Å². The zero-order chi connectivity index (χ0) is 36.0. The van der Waals surface area contributed by atoms with Crippen LogP contribution in [0.3, 0.4) is 0 Å². The summed E-state index contributed by atoms with van der Waals surface area (Å²) in [5, 5.41) is 0. The van der Waals surface area contributed by atoms with Gasteiger partial charge in [0.05, 0.1) is 67.7 Å². The van der Waals surface area contributed by atoms with Crippen molar-refractivity contribution in [3.8, 4) is 0 Å². The average molecular weight is 711 g/mol. The van der Waals surface area contributed by atoms with Crippen LogP contribution in [0.1, 0.15) is 43.6 Å². The van der Waals surface area contributed by atoms with E-state index in [4.69, 9.17) is 39.9 Å². The van der Waals surface area contributed by atoms with Gasteiger partial charge in [-0.2, -0.15) is 0 Å². The van der Waals surface area contributed by atoms with Crippen molar-refractivity contribution in [3.63, 3.8) is 0 Å². The fourth-order valence-electron chi connectivity index (χ4n) is 8.91. The van der Waals surface area contributed by atoms with E-state index in [1.54, 1.807) is 0 Å². The molecule has 0 bridgehead atoms. The molecule has 1 saturated carbocycles. The molecule has 4 aromatic heterocycles. The van der Waals surface area contributed by atoms with Crippen molar-refractivity contribution in [2.24, 2.45) is 0 Å². The molecule has 10 nitrogen and oxygen atoms in total. The third-order valence-electron chi connectivity index (χ3n) is 11.5. The predicted octanol–water partition coefficient (Wildman–Crippen LogP) is 7.59. The van der Waals surface area contributed by atoms with Crippen molar-refractivity contribution >= 4 is 102 Å². The Morgan fingerprint density at radius 1 is 0.455 bits per heavy atom. The lowest BCUT2D eigenvalue weighted by Crippen LogP contribution is -2.63. The molecule has 11 heteroatoms. The normalized spacial score (nSPS) is 15.1. The predicted molar refractivity (Wildman–Crippen MR) is 219 cm³/mol. The van der Waals surface area contributed by atoms with Crippen molar-refractivity contribution in [3.05, 3.63) is 127 Å². The van der Waals surface area contributed by atoms with Crippen LogP contribution < -0.4 is 26.4 Å². The van der Waals surface area contributed by atoms with Crippen molar-refractivity contribution in [2.75, 3.05) is 9.80 Å². The number of fused-ring (bicyclic) bond motifs is 8. The first-order chi connectivity index (χ1) is 27.2. The van der Waals surface area contributed by atoms with Crippen molar-refractivity contribution < 1.29 is 0 Å². The van der Waals surface area contributed by atoms with Gasteiger partial charge in [-0.1, -0.05) is 67.8 Å². The molecule has 3 aliphatic rings. The van der Waals surface area contributed by atoms with Gasteiger partial charge in [0, 0.05) is 11.4 Å². The van der Waals surface area contributed by atoms with Crippen LogP contribution in [-0.4, -0.2) is 46.6 Å². The van der Waals surface area contributed by atoms with E-state index in [1.165, 1.54) is 24.8 Å². The van der Waals surface area contributed by atoms with Gasteiger partial charge in [0.2, 0.25) is 0 Å². The summed E-state index contributed by atoms with van der Waals surface area (Å²) in [6.45, 7) is -0.376. The topological polar surface area (TPSA) is 110 Å². The first-order valence-corrected chi connectivity index (χ1v) is 19.0. The van der Waals surface area contributed by atoms with Gasteiger partial charge in [0.1, 0.15) is 0 Å². The van der Waals surface area contributed by atoms with E-state index in [2.05, 4.69) is 21.9 Å². The Labute approximate surface area is 316 Å². The average Bonchev–Trinajstić information content (AvgIpc) is 3.25. The largest absolute Gasteiger partial charge is 0.302 e. The molecule has 1 aliphatic carbocycles. The molecule has 0 amide bonds. The Morgan fingerprint density at radius 2 is 0.855 bits per heavy atom. The number of rotatable bonds is 3. The van der Waals surface area contributed by atoms with E-state index in [1.807, 2.05) is 109 Å². The molecule has 6 heterocycles. The summed E-state index contributed by atoms with van der Waals surface area (Å²) in [6.07, 6.45) is 9.67. The minimum absolute atomic E-state index is 0.376. The van der Waals surface area contributed by atoms with Crippen LogP contribution in [0, 0.1) is 0 Å². The van der Waals surface area contributed by atoms with E-state index in [0.717, 1.165) is 85.0 Å². The first-order valence-electron chi connectivity index (χ1n) is 19.0. The number of hydrogen-bond donors (Lipinski definition) is 0. The van der Waals surface area contributed by atoms with Crippen LogP contribution in [0.25, 0.3) is 44.1 Å². The Kier molecular flexibility index (Phi) is 6.57. The lowest BCUT2D eigenvalue weighted by atomic mass is 9.37. The maximum atomic E-state index is 5.44. The van der Waals surface area contributed by atoms with Crippen molar-refractivity contribution in [1.29, 1.82) is 0 Å². The summed E-state index contributed by atoms with van der Waals surface area (Å²) in [4.78, 5) is 46.4. The van der Waals surface area contributed by atoms with E-state index in [9.17, 15) is 0 Å². The quantitative estimate of drug-likeness (QED) is 0.170. The molecule has 0 unspecified atom stereocenters. The zero-order valence-electron chi connectivity index (χ0n) is 29.7. The maximum Gasteiger partial charge on any atom is 0.302 e. The third kappa shape index (κ3) is 4.68. The number of anilines is 6. The van der Waals surface area contributed by atoms with Crippen LogP contribution >= 0.6 is 0 Å². The molecule has 260 valence electrons. The number of nitrogens with zero attached hydrogens (tertiary/aromatic N) is 10. The first kappa shape index (κ1) is 30.6. The number of hydrogen-bond acceptors (Lipinski definition) is 10. The second kappa shape index (κ2) is 11.8. The van der Waals surface area contributed by atoms with Gasteiger partial charge in [-0.25, -0.2) is 19.9 Å². The molecule has 9 aromatic rings. The molecule has 0 atom stereocenters. The molecule has 2 aliphatic heterocycles. The lowest BCUT2D eigenvalue weighted by molar-refractivity contribution is 0.444. The standard InChI is InChI=1S/C44H31BN10/c1-2-12-26(13-3-1)27-22-36-40-37(23-27)55(39-25-47-29-15-5-7-17-31(29)49-39)44-42(51-33-19-9-11-21-35(33)53-44)45(40)41-43(52-34-20-10-8-18-32(34)50-41)54(36)38-24-46-28-14-4-6-16-30(28)48-38/h4-11,14-26H,1-3,12-13H2. The molecule has 12 rings (SSSR count). The van der Waals surface area contributed by atoms with Crippen molar-refractivity contribution in [2.45, 2.75) is 38.0 Å². The second-order valence-corrected chi connectivity index (χ2v) is 14.7. The molecular weight excluding hydrogens is 679 g/mol. The Morgan fingerprint density at radius 3 is 1.31 bits per heavy atom. The molecule has 0 radical (unpaired) electrons. The molecule has 55 heavy (non-hydrogen) atoms. The molecule has 0 saturated heterocycles. The third-order valence-corrected chi connectivity index (χ3v) is 11.5. The Balaban J connectivity index is 1.22. The van der Waals surface area contributed by atoms with E-state index >= 15 is 0 Å². The summed E-state index contributed by atoms with van der Waals surface area (Å²) >= 11 is 0. The zero-order valence-corrected chi connectivity index (χ0v) is 29.7. The number of aromatic nitrogens is 8. The summed E-state index contributed by atoms with van der Waals surface area (Å²) < 4.78 is 0. The Hall–Kier alpha value is -6.88. The van der Waals surface area contributed by atoms with Crippen LogP contribution in [0.4, 0.5) is 34.6 Å². The highest BCUT2D eigenvalue weighted by molar-refractivity contribution is 6.99. The van der Waals surface area contributed by atoms with Gasteiger partial charge in [-0.05, 0) is 90.4 Å². The smallest absolute Gasteiger partial charge is 0.277 e. The van der Waals surface area contributed by atoms with Gasteiger partial charge >= 0.3 is 6.71 Å². The fourth-order valence-corrected chi connectivity index (χ4v) is 8.91. The SMILES string of the molecule is c1ccc2nc(N3c4cc(C5CCCCC5)cc5c4B(c4nc6ccccc6nc43)c3nc4ccccc4nc3N5c3cnc4ccccc4n3)cnc2c1. The minimum Gasteiger partial charge on any atom is -0.277 e.